The van der Waals surface area contributed by atoms with Crippen LogP contribution in [-0.2, 0) is 39.4 Å². The number of hydrogen-bond donors (Lipinski definition) is 2. The monoisotopic (exact) mass is 759 g/mol. The van der Waals surface area contributed by atoms with Crippen LogP contribution in [0.3, 0.4) is 0 Å². The molecule has 0 aliphatic carbocycles. The van der Waals surface area contributed by atoms with Gasteiger partial charge in [0, 0.05) is 11.2 Å². The fourth-order valence-electron chi connectivity index (χ4n) is 5.45. The number of aliphatic hydroxyl groups excluding tert-OH is 1. The molecule has 0 bridgehead atoms. The lowest BCUT2D eigenvalue weighted by atomic mass is 10.1. The summed E-state index contributed by atoms with van der Waals surface area (Å²) in [7, 11) is -3.27. The van der Waals surface area contributed by atoms with E-state index in [0.29, 0.717) is 0 Å². The van der Waals surface area contributed by atoms with E-state index in [4.69, 9.17) is 44.3 Å². The third kappa shape index (κ3) is 7.29. The van der Waals surface area contributed by atoms with Crippen LogP contribution in [0, 0.1) is 0 Å². The van der Waals surface area contributed by atoms with Crippen molar-refractivity contribution >= 4 is 48.9 Å². The zero-order valence-corrected chi connectivity index (χ0v) is 28.7. The van der Waals surface area contributed by atoms with E-state index in [0.717, 1.165) is 0 Å². The molecule has 0 amide bonds. The van der Waals surface area contributed by atoms with Crippen LogP contribution in [0.25, 0.3) is 22.3 Å². The zero-order valence-electron chi connectivity index (χ0n) is 26.1. The molecule has 23 heteroatoms. The Labute approximate surface area is 288 Å². The summed E-state index contributed by atoms with van der Waals surface area (Å²) in [5.41, 5.74) is 0.818. The van der Waals surface area contributed by atoms with Gasteiger partial charge in [0.2, 0.25) is 11.8 Å². The lowest BCUT2D eigenvalue weighted by Gasteiger charge is -2.26. The van der Waals surface area contributed by atoms with Crippen molar-refractivity contribution in [3.8, 4) is 11.8 Å². The molecule has 4 unspecified atom stereocenters. The quantitative estimate of drug-likeness (QED) is 0.124. The number of fused-ring (bicyclic) bond motifs is 2. The van der Waals surface area contributed by atoms with E-state index in [2.05, 4.69) is 43.1 Å². The van der Waals surface area contributed by atoms with E-state index >= 15 is 8.78 Å². The molecule has 2 saturated heterocycles. The molecule has 0 radical (unpaired) electrons. The smallest absolute Gasteiger partial charge is 0.472 e. The molecule has 6 heterocycles. The van der Waals surface area contributed by atoms with Crippen LogP contribution in [0.1, 0.15) is 12.5 Å². The molecule has 10 atom stereocenters. The van der Waals surface area contributed by atoms with Crippen molar-refractivity contribution in [1.82, 2.24) is 39.0 Å². The summed E-state index contributed by atoms with van der Waals surface area (Å²) in [5.74, 6) is 0.280. The van der Waals surface area contributed by atoms with Gasteiger partial charge in [-0.05, 0) is 11.8 Å². The highest BCUT2D eigenvalue weighted by Gasteiger charge is 2.53. The minimum atomic E-state index is -3.41. The maximum atomic E-state index is 16.1. The lowest BCUT2D eigenvalue weighted by molar-refractivity contribution is -0.0477. The molecule has 4 aromatic heterocycles. The van der Waals surface area contributed by atoms with E-state index in [1.165, 1.54) is 53.3 Å². The summed E-state index contributed by atoms with van der Waals surface area (Å²) in [6.07, 6.45) is -4.15. The highest BCUT2D eigenvalue weighted by Crippen LogP contribution is 2.51. The van der Waals surface area contributed by atoms with Gasteiger partial charge in [0.05, 0.1) is 25.9 Å². The van der Waals surface area contributed by atoms with Gasteiger partial charge in [-0.3, -0.25) is 9.13 Å². The minimum absolute atomic E-state index is 0.124. The predicted molar refractivity (Wildman–Crippen MR) is 172 cm³/mol. The predicted octanol–water partition coefficient (Wildman–Crippen LogP) is 2.64. The van der Waals surface area contributed by atoms with E-state index < -0.39 is 77.2 Å². The first-order valence-electron chi connectivity index (χ1n) is 14.8. The topological polar surface area (TPSA) is 209 Å². The van der Waals surface area contributed by atoms with Crippen molar-refractivity contribution in [3.63, 3.8) is 0 Å². The maximum absolute atomic E-state index is 16.1. The Kier molecular flexibility index (Phi) is 11.2. The molecule has 0 aromatic carbocycles. The maximum Gasteiger partial charge on any atom is 0.695 e. The van der Waals surface area contributed by atoms with Crippen molar-refractivity contribution in [2.45, 2.75) is 49.2 Å². The fraction of sp³-hybridized carbons (Fsp3) is 0.481. The standard InChI is InChI=1S/C27H30F2N8O10P2S/c1-4-6-41-24-18-22(30-10-32-24)36(12-34-18)26-16(28)20(46-48(39)40)15(45-26)9-43-49(3,50)47-21-14(8-38)44-27(17(21)29)37-13-35-19-23(37)31-11-33-25(19)42-7-5-2/h4-5,10-17,20-21,26-27,38H,1-2,6-9H2,3H3/p+1/t14-,15-,16-,17-,20?,21?,26-,27-,49?/m1/s1. The molecule has 2 fully saturated rings. The van der Waals surface area contributed by atoms with E-state index in [-0.39, 0.29) is 47.3 Å². The summed E-state index contributed by atoms with van der Waals surface area (Å²) in [6, 6.07) is 0. The second-order valence-corrected chi connectivity index (χ2v) is 15.5. The van der Waals surface area contributed by atoms with Crippen LogP contribution in [0.4, 0.5) is 8.78 Å². The Morgan fingerprint density at radius 1 is 0.920 bits per heavy atom. The van der Waals surface area contributed by atoms with Crippen molar-refractivity contribution in [3.05, 3.63) is 50.6 Å². The average molecular weight is 760 g/mol. The molecule has 18 nitrogen and oxygen atoms in total. The summed E-state index contributed by atoms with van der Waals surface area (Å²) in [4.78, 5) is 34.4. The van der Waals surface area contributed by atoms with Gasteiger partial charge < -0.3 is 33.1 Å². The number of aliphatic hydroxyl groups is 1. The third-order valence-electron chi connectivity index (χ3n) is 7.59. The van der Waals surface area contributed by atoms with Crippen molar-refractivity contribution in [1.29, 1.82) is 0 Å². The second kappa shape index (κ2) is 15.4. The zero-order chi connectivity index (χ0) is 35.6. The number of ether oxygens (including phenoxy) is 4. The number of imidazole rings is 2. The Bertz CT molecular complexity index is 1920. The van der Waals surface area contributed by atoms with Gasteiger partial charge in [0.25, 0.3) is 0 Å². The minimum Gasteiger partial charge on any atom is -0.472 e. The Morgan fingerprint density at radius 2 is 1.44 bits per heavy atom. The summed E-state index contributed by atoms with van der Waals surface area (Å²) in [6.45, 7) is 4.34. The van der Waals surface area contributed by atoms with Gasteiger partial charge in [0.1, 0.15) is 44.2 Å². The van der Waals surface area contributed by atoms with Gasteiger partial charge in [-0.25, -0.2) is 28.7 Å². The number of aromatic nitrogens is 8. The molecule has 4 aromatic rings. The molecule has 2 N–H and O–H groups in total. The summed E-state index contributed by atoms with van der Waals surface area (Å²) < 4.78 is 85.7. The van der Waals surface area contributed by atoms with Gasteiger partial charge >= 0.3 is 8.25 Å². The number of alkyl halides is 2. The normalized spacial score (nSPS) is 28.1. The number of halogens is 2. The van der Waals surface area contributed by atoms with Crippen molar-refractivity contribution < 1.29 is 55.9 Å². The Hall–Kier alpha value is -3.49. The first kappa shape index (κ1) is 36.3. The Morgan fingerprint density at radius 3 is 1.94 bits per heavy atom. The molecule has 50 heavy (non-hydrogen) atoms. The second-order valence-electron chi connectivity index (χ2n) is 10.9. The number of hydrogen-bond acceptors (Lipinski definition) is 16. The molecule has 6 rings (SSSR count). The third-order valence-corrected chi connectivity index (χ3v) is 9.83. The van der Waals surface area contributed by atoms with Gasteiger partial charge in [0.15, 0.2) is 59.7 Å². The van der Waals surface area contributed by atoms with Crippen molar-refractivity contribution in [2.24, 2.45) is 0 Å². The van der Waals surface area contributed by atoms with E-state index in [9.17, 15) is 14.6 Å². The van der Waals surface area contributed by atoms with E-state index in [1.807, 2.05) is 0 Å². The molecule has 268 valence electrons. The lowest BCUT2D eigenvalue weighted by Crippen LogP contribution is -2.34. The molecule has 0 saturated carbocycles. The van der Waals surface area contributed by atoms with Crippen LogP contribution >= 0.6 is 14.7 Å². The van der Waals surface area contributed by atoms with Crippen LogP contribution in [0.2, 0.25) is 0 Å². The highest BCUT2D eigenvalue weighted by molar-refractivity contribution is 8.09. The van der Waals surface area contributed by atoms with Crippen LogP contribution in [-0.4, -0.2) is 119 Å². The fourth-order valence-corrected chi connectivity index (χ4v) is 7.57. The first-order valence-corrected chi connectivity index (χ1v) is 19.0. The average Bonchev–Trinajstić information content (AvgIpc) is 3.86. The van der Waals surface area contributed by atoms with Crippen LogP contribution in [0.5, 0.6) is 11.8 Å². The number of nitrogens with zero attached hydrogens (tertiary/aromatic N) is 8. The summed E-state index contributed by atoms with van der Waals surface area (Å²) in [5, 5.41) is 10.1. The van der Waals surface area contributed by atoms with Crippen LogP contribution < -0.4 is 9.47 Å². The van der Waals surface area contributed by atoms with Crippen LogP contribution in [0.15, 0.2) is 50.6 Å². The molecular weight excluding hydrogens is 728 g/mol. The molecule has 0 spiro atoms. The van der Waals surface area contributed by atoms with Gasteiger partial charge in [-0.15, -0.1) is 9.42 Å². The van der Waals surface area contributed by atoms with Gasteiger partial charge in [-0.2, -0.15) is 9.97 Å². The largest absolute Gasteiger partial charge is 0.695 e. The SMILES string of the molecule is C=CCOc1ncnc2c1ncn2[C@@H]1O[C@H](COP(C)(=S)OC2[C@@H](F)[C@H](n3cnc4c(OCC=C)ncnc43)O[C@@H]2CO)C(O[P+](=O)O)[C@H]1F. The highest BCUT2D eigenvalue weighted by atomic mass is 32.5. The van der Waals surface area contributed by atoms with E-state index in [1.54, 1.807) is 0 Å². The molecule has 2 aliphatic rings. The molecular formula is C27H31F2N8O10P2S+. The molecule has 2 aliphatic heterocycles. The van der Waals surface area contributed by atoms with Gasteiger partial charge in [-0.1, -0.05) is 25.3 Å². The summed E-state index contributed by atoms with van der Waals surface area (Å²) >= 11 is 5.57. The first-order chi connectivity index (χ1) is 24.1. The Balaban J connectivity index is 1.17. The van der Waals surface area contributed by atoms with Crippen molar-refractivity contribution in [2.75, 3.05) is 33.1 Å². The number of rotatable bonds is 16.